The Kier molecular flexibility index (Phi) is 6.84. The molecule has 3 N–H and O–H groups in total. The molecule has 1 aliphatic rings. The summed E-state index contributed by atoms with van der Waals surface area (Å²) < 4.78 is 31.0. The number of rotatable bonds is 4. The molecule has 0 bridgehead atoms. The van der Waals surface area contributed by atoms with Gasteiger partial charge in [0.1, 0.15) is 5.82 Å². The molecule has 21 heavy (non-hydrogen) atoms. The van der Waals surface area contributed by atoms with E-state index >= 15 is 0 Å². The quantitative estimate of drug-likeness (QED) is 0.893. The van der Waals surface area contributed by atoms with Crippen LogP contribution in [0.25, 0.3) is 0 Å². The van der Waals surface area contributed by atoms with Gasteiger partial charge in [-0.2, -0.15) is 0 Å². The van der Waals surface area contributed by atoms with Gasteiger partial charge in [-0.05, 0) is 37.8 Å². The predicted octanol–water partition coefficient (Wildman–Crippen LogP) is 2.15. The summed E-state index contributed by atoms with van der Waals surface area (Å²) in [7, 11) is 0. The lowest BCUT2D eigenvalue weighted by Gasteiger charge is -2.26. The Balaban J connectivity index is 0.00000220. The Labute approximate surface area is 128 Å². The molecule has 1 aromatic carbocycles. The fourth-order valence-corrected chi connectivity index (χ4v) is 2.27. The Bertz CT molecular complexity index is 480. The van der Waals surface area contributed by atoms with E-state index in [0.717, 1.165) is 43.9 Å². The summed E-state index contributed by atoms with van der Waals surface area (Å²) >= 11 is 0. The molecule has 1 amide bonds. The minimum Gasteiger partial charge on any atom is -0.481 e. The zero-order chi connectivity index (χ0) is 14.5. The fourth-order valence-electron chi connectivity index (χ4n) is 2.27. The number of nitrogens with one attached hydrogen (secondary N) is 1. The van der Waals surface area contributed by atoms with Crippen molar-refractivity contribution >= 4 is 18.3 Å². The van der Waals surface area contributed by atoms with Crippen molar-refractivity contribution in [1.82, 2.24) is 5.32 Å². The monoisotopic (exact) mass is 320 g/mol. The van der Waals surface area contributed by atoms with Crippen LogP contribution >= 0.6 is 12.4 Å². The molecular weight excluding hydrogens is 302 g/mol. The first-order valence-electron chi connectivity index (χ1n) is 6.67. The van der Waals surface area contributed by atoms with Gasteiger partial charge in [-0.3, -0.25) is 4.79 Å². The Morgan fingerprint density at radius 1 is 1.29 bits per heavy atom. The average Bonchev–Trinajstić information content (AvgIpc) is 2.40. The van der Waals surface area contributed by atoms with Gasteiger partial charge in [-0.15, -0.1) is 12.4 Å². The van der Waals surface area contributed by atoms with E-state index in [-0.39, 0.29) is 42.8 Å². The molecule has 1 aliphatic carbocycles. The SMILES string of the molecule is Cl.NC1CCC(NC(=O)COc2ccc(F)cc2F)CC1. The van der Waals surface area contributed by atoms with Crippen LogP contribution in [-0.4, -0.2) is 24.6 Å². The van der Waals surface area contributed by atoms with Gasteiger partial charge in [0.15, 0.2) is 18.2 Å². The van der Waals surface area contributed by atoms with Gasteiger partial charge in [0.05, 0.1) is 0 Å². The average molecular weight is 321 g/mol. The smallest absolute Gasteiger partial charge is 0.258 e. The highest BCUT2D eigenvalue weighted by Crippen LogP contribution is 2.18. The topological polar surface area (TPSA) is 64.3 Å². The third kappa shape index (κ3) is 5.47. The van der Waals surface area contributed by atoms with Crippen molar-refractivity contribution < 1.29 is 18.3 Å². The molecule has 0 atom stereocenters. The Morgan fingerprint density at radius 2 is 1.95 bits per heavy atom. The summed E-state index contributed by atoms with van der Waals surface area (Å²) in [5.41, 5.74) is 5.78. The summed E-state index contributed by atoms with van der Waals surface area (Å²) in [6.45, 7) is -0.287. The summed E-state index contributed by atoms with van der Waals surface area (Å²) in [6.07, 6.45) is 3.46. The number of amides is 1. The van der Waals surface area contributed by atoms with Crippen LogP contribution < -0.4 is 15.8 Å². The van der Waals surface area contributed by atoms with Crippen LogP contribution in [0.5, 0.6) is 5.75 Å². The van der Waals surface area contributed by atoms with E-state index in [2.05, 4.69) is 5.32 Å². The summed E-state index contributed by atoms with van der Waals surface area (Å²) in [5, 5.41) is 2.82. The fraction of sp³-hybridized carbons (Fsp3) is 0.500. The molecule has 1 fully saturated rings. The van der Waals surface area contributed by atoms with Gasteiger partial charge in [-0.25, -0.2) is 8.78 Å². The predicted molar refractivity (Wildman–Crippen MR) is 77.5 cm³/mol. The van der Waals surface area contributed by atoms with Crippen LogP contribution in [0.1, 0.15) is 25.7 Å². The minimum atomic E-state index is -0.818. The number of carbonyl (C=O) groups is 1. The normalized spacial score (nSPS) is 21.3. The van der Waals surface area contributed by atoms with Crippen molar-refractivity contribution in [1.29, 1.82) is 0 Å². The van der Waals surface area contributed by atoms with Crippen molar-refractivity contribution in [3.63, 3.8) is 0 Å². The molecule has 0 unspecified atom stereocenters. The van der Waals surface area contributed by atoms with E-state index in [1.54, 1.807) is 0 Å². The van der Waals surface area contributed by atoms with Crippen molar-refractivity contribution in [2.45, 2.75) is 37.8 Å². The minimum absolute atomic E-state index is 0. The van der Waals surface area contributed by atoms with Crippen LogP contribution in [0.4, 0.5) is 8.78 Å². The van der Waals surface area contributed by atoms with E-state index < -0.39 is 11.6 Å². The lowest BCUT2D eigenvalue weighted by molar-refractivity contribution is -0.124. The van der Waals surface area contributed by atoms with Crippen LogP contribution in [-0.2, 0) is 4.79 Å². The van der Waals surface area contributed by atoms with Gasteiger partial charge < -0.3 is 15.8 Å². The zero-order valence-electron chi connectivity index (χ0n) is 11.5. The number of carbonyl (C=O) groups excluding carboxylic acids is 1. The number of nitrogens with two attached hydrogens (primary N) is 1. The zero-order valence-corrected chi connectivity index (χ0v) is 12.3. The summed E-state index contributed by atoms with van der Waals surface area (Å²) in [6, 6.07) is 3.28. The Morgan fingerprint density at radius 3 is 2.57 bits per heavy atom. The van der Waals surface area contributed by atoms with E-state index in [9.17, 15) is 13.6 Å². The van der Waals surface area contributed by atoms with E-state index in [1.807, 2.05) is 0 Å². The molecule has 0 heterocycles. The van der Waals surface area contributed by atoms with Crippen LogP contribution in [0.2, 0.25) is 0 Å². The van der Waals surface area contributed by atoms with Gasteiger partial charge in [0.25, 0.3) is 5.91 Å². The maximum absolute atomic E-state index is 13.3. The number of hydrogen-bond donors (Lipinski definition) is 2. The maximum atomic E-state index is 13.3. The van der Waals surface area contributed by atoms with Crippen molar-refractivity contribution in [3.8, 4) is 5.75 Å². The summed E-state index contributed by atoms with van der Waals surface area (Å²) in [5.74, 6) is -1.94. The third-order valence-corrected chi connectivity index (χ3v) is 3.39. The standard InChI is InChI=1S/C14H18F2N2O2.ClH/c15-9-1-6-13(12(16)7-9)20-8-14(19)18-11-4-2-10(17)3-5-11;/h1,6-7,10-11H,2-5,8,17H2,(H,18,19);1H. The molecule has 118 valence electrons. The third-order valence-electron chi connectivity index (χ3n) is 3.39. The van der Waals surface area contributed by atoms with Crippen LogP contribution in [0.3, 0.4) is 0 Å². The maximum Gasteiger partial charge on any atom is 0.258 e. The summed E-state index contributed by atoms with van der Waals surface area (Å²) in [4.78, 5) is 11.7. The molecule has 1 saturated carbocycles. The molecule has 2 rings (SSSR count). The van der Waals surface area contributed by atoms with E-state index in [4.69, 9.17) is 10.5 Å². The largest absolute Gasteiger partial charge is 0.481 e. The number of ether oxygens (including phenoxy) is 1. The van der Waals surface area contributed by atoms with Gasteiger partial charge in [0.2, 0.25) is 0 Å². The molecule has 0 saturated heterocycles. The second-order valence-electron chi connectivity index (χ2n) is 5.04. The van der Waals surface area contributed by atoms with Gasteiger partial charge >= 0.3 is 0 Å². The molecule has 1 aromatic rings. The number of benzene rings is 1. The highest BCUT2D eigenvalue weighted by molar-refractivity contribution is 5.85. The first kappa shape index (κ1) is 17.7. The van der Waals surface area contributed by atoms with Gasteiger partial charge in [-0.1, -0.05) is 0 Å². The molecule has 0 aromatic heterocycles. The molecule has 7 heteroatoms. The van der Waals surface area contributed by atoms with Crippen molar-refractivity contribution in [2.24, 2.45) is 5.73 Å². The Hall–Kier alpha value is -1.40. The number of hydrogen-bond acceptors (Lipinski definition) is 3. The number of halogens is 3. The van der Waals surface area contributed by atoms with E-state index in [0.29, 0.717) is 0 Å². The second-order valence-corrected chi connectivity index (χ2v) is 5.04. The highest BCUT2D eigenvalue weighted by Gasteiger charge is 2.20. The van der Waals surface area contributed by atoms with E-state index in [1.165, 1.54) is 0 Å². The second kappa shape index (κ2) is 8.14. The molecule has 4 nitrogen and oxygen atoms in total. The van der Waals surface area contributed by atoms with Crippen molar-refractivity contribution in [3.05, 3.63) is 29.8 Å². The first-order chi connectivity index (χ1) is 9.54. The lowest BCUT2D eigenvalue weighted by Crippen LogP contribution is -2.42. The van der Waals surface area contributed by atoms with Crippen molar-refractivity contribution in [2.75, 3.05) is 6.61 Å². The molecule has 0 aliphatic heterocycles. The lowest BCUT2D eigenvalue weighted by atomic mass is 9.92. The van der Waals surface area contributed by atoms with Crippen LogP contribution in [0.15, 0.2) is 18.2 Å². The molecular formula is C14H19ClF2N2O2. The molecule has 0 radical (unpaired) electrons. The van der Waals surface area contributed by atoms with Crippen LogP contribution in [0, 0.1) is 11.6 Å². The highest BCUT2D eigenvalue weighted by atomic mass is 35.5. The first-order valence-corrected chi connectivity index (χ1v) is 6.67. The molecule has 0 spiro atoms. The van der Waals surface area contributed by atoms with Gasteiger partial charge in [0, 0.05) is 18.2 Å².